The zero-order valence-corrected chi connectivity index (χ0v) is 9.59. The van der Waals surface area contributed by atoms with Gasteiger partial charge in [0.15, 0.2) is 0 Å². The normalized spacial score (nSPS) is 12.8. The van der Waals surface area contributed by atoms with Crippen molar-refractivity contribution < 1.29 is 4.39 Å². The van der Waals surface area contributed by atoms with Gasteiger partial charge in [-0.3, -0.25) is 0 Å². The van der Waals surface area contributed by atoms with Gasteiger partial charge in [0, 0.05) is 6.04 Å². The predicted octanol–water partition coefficient (Wildman–Crippen LogP) is 3.71. The minimum absolute atomic E-state index is 0.0223. The molecule has 2 heteroatoms. The van der Waals surface area contributed by atoms with E-state index in [1.165, 1.54) is 18.9 Å². The Morgan fingerprint density at radius 3 is 2.60 bits per heavy atom. The predicted molar refractivity (Wildman–Crippen MR) is 62.2 cm³/mol. The second-order valence-electron chi connectivity index (χ2n) is 4.16. The fourth-order valence-corrected chi connectivity index (χ4v) is 1.76. The quantitative estimate of drug-likeness (QED) is 0.735. The topological polar surface area (TPSA) is 26.0 Å². The van der Waals surface area contributed by atoms with E-state index in [2.05, 4.69) is 6.92 Å². The number of hydrogen-bond donors (Lipinski definition) is 1. The maximum atomic E-state index is 13.1. The van der Waals surface area contributed by atoms with Gasteiger partial charge in [0.2, 0.25) is 0 Å². The van der Waals surface area contributed by atoms with Crippen molar-refractivity contribution in [1.29, 1.82) is 0 Å². The van der Waals surface area contributed by atoms with Crippen LogP contribution in [0.1, 0.15) is 49.8 Å². The summed E-state index contributed by atoms with van der Waals surface area (Å²) in [5.74, 6) is -0.184. The van der Waals surface area contributed by atoms with Gasteiger partial charge in [-0.15, -0.1) is 0 Å². The molecule has 1 nitrogen and oxygen atoms in total. The first-order chi connectivity index (χ1) is 7.13. The van der Waals surface area contributed by atoms with Crippen molar-refractivity contribution in [2.75, 3.05) is 0 Å². The summed E-state index contributed by atoms with van der Waals surface area (Å²) in [5.41, 5.74) is 7.87. The maximum absolute atomic E-state index is 13.1. The lowest BCUT2D eigenvalue weighted by molar-refractivity contribution is 0.572. The molecule has 1 rings (SSSR count). The van der Waals surface area contributed by atoms with Gasteiger partial charge < -0.3 is 5.73 Å². The van der Waals surface area contributed by atoms with Crippen LogP contribution >= 0.6 is 0 Å². The van der Waals surface area contributed by atoms with Crippen LogP contribution in [0.15, 0.2) is 18.2 Å². The Hall–Kier alpha value is -0.890. The van der Waals surface area contributed by atoms with Crippen LogP contribution in [0.2, 0.25) is 0 Å². The minimum atomic E-state index is -0.184. The van der Waals surface area contributed by atoms with Gasteiger partial charge in [-0.2, -0.15) is 0 Å². The van der Waals surface area contributed by atoms with Crippen molar-refractivity contribution in [3.05, 3.63) is 35.1 Å². The van der Waals surface area contributed by atoms with Gasteiger partial charge in [-0.05, 0) is 36.6 Å². The van der Waals surface area contributed by atoms with Crippen molar-refractivity contribution in [3.63, 3.8) is 0 Å². The lowest BCUT2D eigenvalue weighted by Crippen LogP contribution is -2.10. The third-order valence-electron chi connectivity index (χ3n) is 2.61. The zero-order chi connectivity index (χ0) is 11.3. The van der Waals surface area contributed by atoms with E-state index < -0.39 is 0 Å². The molecule has 0 saturated heterocycles. The molecule has 0 aliphatic rings. The Morgan fingerprint density at radius 1 is 1.27 bits per heavy atom. The smallest absolute Gasteiger partial charge is 0.123 e. The highest BCUT2D eigenvalue weighted by molar-refractivity contribution is 5.25. The SMILES string of the molecule is CCCCCC(N)c1cc(C)cc(F)c1. The molecule has 2 N–H and O–H groups in total. The maximum Gasteiger partial charge on any atom is 0.123 e. The number of aryl methyl sites for hydroxylation is 1. The highest BCUT2D eigenvalue weighted by Gasteiger charge is 2.07. The largest absolute Gasteiger partial charge is 0.324 e. The van der Waals surface area contributed by atoms with Crippen LogP contribution in [-0.2, 0) is 0 Å². The molecule has 1 unspecified atom stereocenters. The fourth-order valence-electron chi connectivity index (χ4n) is 1.76. The molecule has 0 heterocycles. The van der Waals surface area contributed by atoms with E-state index in [4.69, 9.17) is 5.73 Å². The highest BCUT2D eigenvalue weighted by atomic mass is 19.1. The highest BCUT2D eigenvalue weighted by Crippen LogP contribution is 2.19. The van der Waals surface area contributed by atoms with Crippen molar-refractivity contribution in [3.8, 4) is 0 Å². The number of halogens is 1. The molecule has 1 aromatic rings. The molecule has 0 aromatic heterocycles. The average molecular weight is 209 g/mol. The molecule has 0 spiro atoms. The van der Waals surface area contributed by atoms with Crippen LogP contribution in [0.25, 0.3) is 0 Å². The van der Waals surface area contributed by atoms with E-state index in [1.54, 1.807) is 6.07 Å². The molecule has 1 aromatic carbocycles. The van der Waals surface area contributed by atoms with Crippen LogP contribution in [-0.4, -0.2) is 0 Å². The lowest BCUT2D eigenvalue weighted by atomic mass is 10.00. The zero-order valence-electron chi connectivity index (χ0n) is 9.59. The molecule has 0 bridgehead atoms. The summed E-state index contributed by atoms with van der Waals surface area (Å²) in [4.78, 5) is 0. The molecular weight excluding hydrogens is 189 g/mol. The summed E-state index contributed by atoms with van der Waals surface area (Å²) in [6.45, 7) is 4.06. The Kier molecular flexibility index (Phi) is 4.76. The molecule has 1 atom stereocenters. The summed E-state index contributed by atoms with van der Waals surface area (Å²) in [7, 11) is 0. The third-order valence-corrected chi connectivity index (χ3v) is 2.61. The standard InChI is InChI=1S/C13H20FN/c1-3-4-5-6-13(15)11-7-10(2)8-12(14)9-11/h7-9,13H,3-6,15H2,1-2H3. The van der Waals surface area contributed by atoms with E-state index in [9.17, 15) is 4.39 Å². The van der Waals surface area contributed by atoms with Gasteiger partial charge in [0.05, 0.1) is 0 Å². The number of hydrogen-bond acceptors (Lipinski definition) is 1. The number of unbranched alkanes of at least 4 members (excludes halogenated alkanes) is 2. The van der Waals surface area contributed by atoms with Gasteiger partial charge in [0.1, 0.15) is 5.82 Å². The van der Waals surface area contributed by atoms with Gasteiger partial charge >= 0.3 is 0 Å². The molecule has 0 aliphatic carbocycles. The van der Waals surface area contributed by atoms with E-state index in [1.807, 2.05) is 13.0 Å². The van der Waals surface area contributed by atoms with Gasteiger partial charge in [0.25, 0.3) is 0 Å². The van der Waals surface area contributed by atoms with Crippen molar-refractivity contribution in [2.45, 2.75) is 45.6 Å². The molecule has 0 radical (unpaired) electrons. The molecule has 15 heavy (non-hydrogen) atoms. The molecule has 0 fully saturated rings. The van der Waals surface area contributed by atoms with Crippen LogP contribution in [0.3, 0.4) is 0 Å². The second kappa shape index (κ2) is 5.86. The van der Waals surface area contributed by atoms with Crippen molar-refractivity contribution in [2.24, 2.45) is 5.73 Å². The molecular formula is C13H20FN. The fraction of sp³-hybridized carbons (Fsp3) is 0.538. The summed E-state index contributed by atoms with van der Waals surface area (Å²) >= 11 is 0. The summed E-state index contributed by atoms with van der Waals surface area (Å²) in [5, 5.41) is 0. The van der Waals surface area contributed by atoms with Crippen LogP contribution in [0.4, 0.5) is 4.39 Å². The first-order valence-electron chi connectivity index (χ1n) is 5.66. The minimum Gasteiger partial charge on any atom is -0.324 e. The monoisotopic (exact) mass is 209 g/mol. The summed E-state index contributed by atoms with van der Waals surface area (Å²) in [6.07, 6.45) is 4.45. The summed E-state index contributed by atoms with van der Waals surface area (Å²) in [6, 6.07) is 5.02. The number of benzene rings is 1. The van der Waals surface area contributed by atoms with Crippen molar-refractivity contribution >= 4 is 0 Å². The molecule has 0 saturated carbocycles. The second-order valence-corrected chi connectivity index (χ2v) is 4.16. The van der Waals surface area contributed by atoms with Crippen LogP contribution in [0.5, 0.6) is 0 Å². The first kappa shape index (κ1) is 12.2. The Bertz CT molecular complexity index is 289. The van der Waals surface area contributed by atoms with Gasteiger partial charge in [-0.1, -0.05) is 32.3 Å². The van der Waals surface area contributed by atoms with E-state index in [-0.39, 0.29) is 11.9 Å². The lowest BCUT2D eigenvalue weighted by Gasteiger charge is -2.12. The molecule has 0 amide bonds. The van der Waals surface area contributed by atoms with Gasteiger partial charge in [-0.25, -0.2) is 4.39 Å². The van der Waals surface area contributed by atoms with Crippen molar-refractivity contribution in [1.82, 2.24) is 0 Å². The molecule has 84 valence electrons. The van der Waals surface area contributed by atoms with E-state index in [0.29, 0.717) is 0 Å². The first-order valence-corrected chi connectivity index (χ1v) is 5.66. The van der Waals surface area contributed by atoms with Crippen LogP contribution in [0, 0.1) is 12.7 Å². The summed E-state index contributed by atoms with van der Waals surface area (Å²) < 4.78 is 13.1. The number of nitrogens with two attached hydrogens (primary N) is 1. The Balaban J connectivity index is 2.60. The number of rotatable bonds is 5. The third kappa shape index (κ3) is 4.00. The Morgan fingerprint density at radius 2 is 2.00 bits per heavy atom. The molecule has 0 aliphatic heterocycles. The van der Waals surface area contributed by atoms with E-state index in [0.717, 1.165) is 24.0 Å². The average Bonchev–Trinajstić information content (AvgIpc) is 2.16. The van der Waals surface area contributed by atoms with E-state index >= 15 is 0 Å². The van der Waals surface area contributed by atoms with Crippen LogP contribution < -0.4 is 5.73 Å². The Labute approximate surface area is 91.5 Å².